The van der Waals surface area contributed by atoms with E-state index in [-0.39, 0.29) is 30.4 Å². The van der Waals surface area contributed by atoms with Crippen molar-refractivity contribution in [3.63, 3.8) is 0 Å². The van der Waals surface area contributed by atoms with E-state index in [1.807, 2.05) is 32.6 Å². The van der Waals surface area contributed by atoms with Crippen LogP contribution in [0.15, 0.2) is 0 Å². The first-order valence-electron chi connectivity index (χ1n) is 7.44. The van der Waals surface area contributed by atoms with E-state index >= 15 is 0 Å². The van der Waals surface area contributed by atoms with Gasteiger partial charge in [-0.15, -0.1) is 0 Å². The van der Waals surface area contributed by atoms with E-state index in [2.05, 4.69) is 5.32 Å². The molecule has 0 bridgehead atoms. The second-order valence-corrected chi connectivity index (χ2v) is 6.78. The summed E-state index contributed by atoms with van der Waals surface area (Å²) in [6.45, 7) is 8.73. The van der Waals surface area contributed by atoms with Crippen molar-refractivity contribution in [2.75, 3.05) is 19.7 Å². The first-order valence-corrected chi connectivity index (χ1v) is 7.44. The Bertz CT molecular complexity index is 350. The molecular formula is C15H28N2O3. The summed E-state index contributed by atoms with van der Waals surface area (Å²) in [6.07, 6.45) is 2.23. The molecule has 1 aliphatic rings. The van der Waals surface area contributed by atoms with E-state index in [1.54, 1.807) is 0 Å². The van der Waals surface area contributed by atoms with Crippen LogP contribution in [0.5, 0.6) is 0 Å². The Labute approximate surface area is 121 Å². The molecule has 2 N–H and O–H groups in total. The fourth-order valence-electron chi connectivity index (χ4n) is 2.37. The van der Waals surface area contributed by atoms with Crippen LogP contribution in [-0.2, 0) is 9.59 Å². The van der Waals surface area contributed by atoms with Crippen LogP contribution in [0.2, 0.25) is 0 Å². The lowest BCUT2D eigenvalue weighted by atomic mass is 9.93. The highest BCUT2D eigenvalue weighted by Crippen LogP contribution is 2.22. The average molecular weight is 284 g/mol. The van der Waals surface area contributed by atoms with E-state index in [4.69, 9.17) is 0 Å². The van der Waals surface area contributed by atoms with Gasteiger partial charge in [0.25, 0.3) is 0 Å². The highest BCUT2D eigenvalue weighted by atomic mass is 16.3. The minimum Gasteiger partial charge on any atom is -0.396 e. The van der Waals surface area contributed by atoms with Crippen molar-refractivity contribution in [3.8, 4) is 0 Å². The van der Waals surface area contributed by atoms with Gasteiger partial charge < -0.3 is 15.3 Å². The molecule has 1 saturated heterocycles. The van der Waals surface area contributed by atoms with Crippen molar-refractivity contribution < 1.29 is 14.7 Å². The molecule has 0 saturated carbocycles. The summed E-state index contributed by atoms with van der Waals surface area (Å²) in [5.74, 6) is 0.217. The average Bonchev–Trinajstić information content (AvgIpc) is 2.37. The van der Waals surface area contributed by atoms with E-state index in [9.17, 15) is 14.7 Å². The van der Waals surface area contributed by atoms with Crippen molar-refractivity contribution >= 4 is 11.8 Å². The lowest BCUT2D eigenvalue weighted by Gasteiger charge is -2.37. The quantitative estimate of drug-likeness (QED) is 0.814. The number of likely N-dealkylation sites (tertiary alicyclic amines) is 1. The molecule has 1 aliphatic heterocycles. The highest BCUT2D eigenvalue weighted by molar-refractivity contribution is 5.82. The van der Waals surface area contributed by atoms with E-state index in [1.165, 1.54) is 0 Å². The van der Waals surface area contributed by atoms with Crippen LogP contribution < -0.4 is 5.32 Å². The van der Waals surface area contributed by atoms with Gasteiger partial charge in [-0.3, -0.25) is 9.59 Å². The van der Waals surface area contributed by atoms with E-state index < -0.39 is 5.41 Å². The Morgan fingerprint density at radius 3 is 2.50 bits per heavy atom. The number of aliphatic hydroxyl groups is 1. The van der Waals surface area contributed by atoms with Crippen LogP contribution >= 0.6 is 0 Å². The highest BCUT2D eigenvalue weighted by Gasteiger charge is 2.28. The fourth-order valence-corrected chi connectivity index (χ4v) is 2.37. The number of hydrogen-bond acceptors (Lipinski definition) is 3. The standard InChI is InChI=1S/C15H28N2O3/c1-11-5-6-12(10-18)9-17(11)13(19)7-8-16-14(20)15(2,3)4/h11-12,18H,5-10H2,1-4H3,(H,16,20). The molecule has 1 rings (SSSR count). The Morgan fingerprint density at radius 1 is 1.30 bits per heavy atom. The first kappa shape index (κ1) is 17.0. The molecule has 1 heterocycles. The van der Waals surface area contributed by atoms with Crippen LogP contribution in [0.25, 0.3) is 0 Å². The van der Waals surface area contributed by atoms with Crippen molar-refractivity contribution in [2.45, 2.75) is 53.0 Å². The van der Waals surface area contributed by atoms with Crippen molar-refractivity contribution in [1.29, 1.82) is 0 Å². The predicted molar refractivity (Wildman–Crippen MR) is 78.1 cm³/mol. The maximum atomic E-state index is 12.2. The van der Waals surface area contributed by atoms with Gasteiger partial charge in [0, 0.05) is 37.6 Å². The van der Waals surface area contributed by atoms with Gasteiger partial charge in [-0.2, -0.15) is 0 Å². The van der Waals surface area contributed by atoms with Crippen LogP contribution in [0, 0.1) is 11.3 Å². The molecule has 2 atom stereocenters. The molecule has 0 radical (unpaired) electrons. The number of nitrogens with zero attached hydrogens (tertiary/aromatic N) is 1. The van der Waals surface area contributed by atoms with Gasteiger partial charge >= 0.3 is 0 Å². The Kier molecular flexibility index (Phi) is 5.99. The van der Waals surface area contributed by atoms with Gasteiger partial charge in [0.2, 0.25) is 11.8 Å². The second kappa shape index (κ2) is 7.07. The molecular weight excluding hydrogens is 256 g/mol. The number of carbonyl (C=O) groups is 2. The summed E-state index contributed by atoms with van der Waals surface area (Å²) in [5, 5.41) is 12.0. The summed E-state index contributed by atoms with van der Waals surface area (Å²) in [5.41, 5.74) is -0.427. The third-order valence-corrected chi connectivity index (χ3v) is 3.86. The van der Waals surface area contributed by atoms with E-state index in [0.717, 1.165) is 12.8 Å². The molecule has 0 aromatic carbocycles. The smallest absolute Gasteiger partial charge is 0.225 e. The lowest BCUT2D eigenvalue weighted by Crippen LogP contribution is -2.47. The zero-order valence-electron chi connectivity index (χ0n) is 13.1. The fraction of sp³-hybridized carbons (Fsp3) is 0.867. The van der Waals surface area contributed by atoms with E-state index in [0.29, 0.717) is 19.5 Å². The number of nitrogens with one attached hydrogen (secondary N) is 1. The Hall–Kier alpha value is -1.10. The van der Waals surface area contributed by atoms with Gasteiger partial charge in [0.05, 0.1) is 0 Å². The maximum absolute atomic E-state index is 12.2. The summed E-state index contributed by atoms with van der Waals surface area (Å²) >= 11 is 0. The van der Waals surface area contributed by atoms with Gasteiger partial charge in [0.15, 0.2) is 0 Å². The minimum absolute atomic E-state index is 0.0368. The summed E-state index contributed by atoms with van der Waals surface area (Å²) < 4.78 is 0. The number of hydrogen-bond donors (Lipinski definition) is 2. The lowest BCUT2D eigenvalue weighted by molar-refractivity contribution is -0.136. The van der Waals surface area contributed by atoms with Gasteiger partial charge in [0.1, 0.15) is 0 Å². The van der Waals surface area contributed by atoms with Crippen molar-refractivity contribution in [1.82, 2.24) is 10.2 Å². The molecule has 0 aromatic heterocycles. The topological polar surface area (TPSA) is 69.6 Å². The SMILES string of the molecule is CC1CCC(CO)CN1C(=O)CCNC(=O)C(C)(C)C. The summed E-state index contributed by atoms with van der Waals surface area (Å²) in [7, 11) is 0. The Balaban J connectivity index is 2.40. The molecule has 2 amide bonds. The molecule has 20 heavy (non-hydrogen) atoms. The van der Waals surface area contributed by atoms with Crippen LogP contribution in [0.1, 0.15) is 47.0 Å². The third kappa shape index (κ3) is 4.78. The van der Waals surface area contributed by atoms with Crippen molar-refractivity contribution in [3.05, 3.63) is 0 Å². The van der Waals surface area contributed by atoms with Crippen LogP contribution in [0.3, 0.4) is 0 Å². The molecule has 1 fully saturated rings. The molecule has 0 spiro atoms. The molecule has 0 aromatic rings. The molecule has 5 nitrogen and oxygen atoms in total. The normalized spacial score (nSPS) is 23.6. The first-order chi connectivity index (χ1) is 9.25. The minimum atomic E-state index is -0.427. The zero-order chi connectivity index (χ0) is 15.3. The predicted octanol–water partition coefficient (Wildman–Crippen LogP) is 1.16. The molecule has 116 valence electrons. The maximum Gasteiger partial charge on any atom is 0.225 e. The third-order valence-electron chi connectivity index (χ3n) is 3.86. The van der Waals surface area contributed by atoms with Gasteiger partial charge in [-0.25, -0.2) is 0 Å². The molecule has 5 heteroatoms. The van der Waals surface area contributed by atoms with Crippen LogP contribution in [0.4, 0.5) is 0 Å². The zero-order valence-corrected chi connectivity index (χ0v) is 13.1. The number of rotatable bonds is 4. The number of aliphatic hydroxyl groups excluding tert-OH is 1. The summed E-state index contributed by atoms with van der Waals surface area (Å²) in [4.78, 5) is 25.8. The number of carbonyl (C=O) groups excluding carboxylic acids is 2. The monoisotopic (exact) mass is 284 g/mol. The molecule has 2 unspecified atom stereocenters. The van der Waals surface area contributed by atoms with Crippen molar-refractivity contribution in [2.24, 2.45) is 11.3 Å². The van der Waals surface area contributed by atoms with Gasteiger partial charge in [-0.05, 0) is 25.7 Å². The van der Waals surface area contributed by atoms with Gasteiger partial charge in [-0.1, -0.05) is 20.8 Å². The number of piperidine rings is 1. The second-order valence-electron chi connectivity index (χ2n) is 6.78. The van der Waals surface area contributed by atoms with Crippen LogP contribution in [-0.4, -0.2) is 47.6 Å². The Morgan fingerprint density at radius 2 is 1.95 bits per heavy atom. The summed E-state index contributed by atoms with van der Waals surface area (Å²) in [6, 6.07) is 0.226. The number of amides is 2. The molecule has 0 aliphatic carbocycles. The largest absolute Gasteiger partial charge is 0.396 e.